The average molecular weight is 406 g/mol. The first kappa shape index (κ1) is 18.9. The zero-order valence-corrected chi connectivity index (χ0v) is 15.3. The number of esters is 1. The molecule has 0 amide bonds. The SMILES string of the molecule is O=C1COC(Nc2ccccc2)=C1C(=O)OCC(=O)c1ccc(Cl)cc1Cl. The number of carbonyl (C=O) groups excluding carboxylic acids is 3. The lowest BCUT2D eigenvalue weighted by atomic mass is 10.1. The summed E-state index contributed by atoms with van der Waals surface area (Å²) in [6, 6.07) is 13.2. The number of Topliss-reactive ketones (excluding diaryl/α,β-unsaturated/α-hetero) is 2. The van der Waals surface area contributed by atoms with Crippen LogP contribution in [0.2, 0.25) is 10.0 Å². The smallest absolute Gasteiger partial charge is 0.347 e. The molecule has 1 N–H and O–H groups in total. The highest BCUT2D eigenvalue weighted by atomic mass is 35.5. The minimum Gasteiger partial charge on any atom is -0.470 e. The molecule has 0 spiro atoms. The number of hydrogen-bond acceptors (Lipinski definition) is 6. The van der Waals surface area contributed by atoms with E-state index < -0.39 is 24.1 Å². The van der Waals surface area contributed by atoms with Gasteiger partial charge in [0.15, 0.2) is 18.8 Å². The van der Waals surface area contributed by atoms with Crippen molar-refractivity contribution in [2.45, 2.75) is 0 Å². The maximum absolute atomic E-state index is 12.3. The van der Waals surface area contributed by atoms with E-state index in [4.69, 9.17) is 32.7 Å². The third-order valence-electron chi connectivity index (χ3n) is 3.66. The van der Waals surface area contributed by atoms with Crippen LogP contribution in [0, 0.1) is 0 Å². The highest BCUT2D eigenvalue weighted by molar-refractivity contribution is 6.36. The van der Waals surface area contributed by atoms with Crippen LogP contribution in [0.25, 0.3) is 0 Å². The highest BCUT2D eigenvalue weighted by Crippen LogP contribution is 2.23. The number of ether oxygens (including phenoxy) is 2. The van der Waals surface area contributed by atoms with Crippen LogP contribution >= 0.6 is 23.2 Å². The molecule has 138 valence electrons. The van der Waals surface area contributed by atoms with E-state index >= 15 is 0 Å². The van der Waals surface area contributed by atoms with Crippen molar-refractivity contribution >= 4 is 46.4 Å². The molecular formula is C19H13Cl2NO5. The third-order valence-corrected chi connectivity index (χ3v) is 4.20. The molecule has 8 heteroatoms. The molecule has 0 unspecified atom stereocenters. The van der Waals surface area contributed by atoms with Gasteiger partial charge >= 0.3 is 5.97 Å². The lowest BCUT2D eigenvalue weighted by Gasteiger charge is -2.09. The standard InChI is InChI=1S/C19H13Cl2NO5/c20-11-6-7-13(14(21)8-11)15(23)9-27-19(25)17-16(24)10-26-18(17)22-12-4-2-1-3-5-12/h1-8,22H,9-10H2. The average Bonchev–Trinajstić information content (AvgIpc) is 3.00. The molecule has 0 aliphatic carbocycles. The number of ketones is 2. The lowest BCUT2D eigenvalue weighted by Crippen LogP contribution is -2.20. The summed E-state index contributed by atoms with van der Waals surface area (Å²) < 4.78 is 10.2. The Kier molecular flexibility index (Phi) is 5.78. The number of hydrogen-bond donors (Lipinski definition) is 1. The Morgan fingerprint density at radius 2 is 1.85 bits per heavy atom. The van der Waals surface area contributed by atoms with Crippen LogP contribution < -0.4 is 5.32 Å². The van der Waals surface area contributed by atoms with Gasteiger partial charge in [-0.25, -0.2) is 4.79 Å². The quantitative estimate of drug-likeness (QED) is 0.448. The second-order valence-electron chi connectivity index (χ2n) is 5.53. The first-order valence-corrected chi connectivity index (χ1v) is 8.59. The Labute approximate surface area is 164 Å². The minimum absolute atomic E-state index is 0.00632. The molecule has 2 aromatic rings. The number of rotatable bonds is 6. The van der Waals surface area contributed by atoms with Gasteiger partial charge in [-0.15, -0.1) is 0 Å². The number of nitrogens with one attached hydrogen (secondary N) is 1. The molecule has 1 aliphatic heterocycles. The van der Waals surface area contributed by atoms with Crippen molar-refractivity contribution in [3.05, 3.63) is 75.6 Å². The molecule has 0 saturated carbocycles. The fourth-order valence-electron chi connectivity index (χ4n) is 2.36. The van der Waals surface area contributed by atoms with E-state index in [1.165, 1.54) is 18.2 Å². The summed E-state index contributed by atoms with van der Waals surface area (Å²) in [5, 5.41) is 3.38. The van der Waals surface area contributed by atoms with Crippen LogP contribution in [-0.4, -0.2) is 30.7 Å². The first-order valence-electron chi connectivity index (χ1n) is 7.83. The third kappa shape index (κ3) is 4.48. The van der Waals surface area contributed by atoms with Gasteiger partial charge in [-0.3, -0.25) is 9.59 Å². The number of halogens is 2. The Balaban J connectivity index is 1.70. The van der Waals surface area contributed by atoms with Crippen LogP contribution in [-0.2, 0) is 19.1 Å². The molecule has 0 radical (unpaired) electrons. The van der Waals surface area contributed by atoms with Crippen molar-refractivity contribution in [1.29, 1.82) is 0 Å². The number of anilines is 1. The van der Waals surface area contributed by atoms with Crippen molar-refractivity contribution in [3.63, 3.8) is 0 Å². The predicted molar refractivity (Wildman–Crippen MR) is 99.8 cm³/mol. The van der Waals surface area contributed by atoms with Crippen molar-refractivity contribution in [2.75, 3.05) is 18.5 Å². The summed E-state index contributed by atoms with van der Waals surface area (Å²) in [6.45, 7) is -0.855. The molecule has 0 bridgehead atoms. The van der Waals surface area contributed by atoms with E-state index in [2.05, 4.69) is 5.32 Å². The summed E-state index contributed by atoms with van der Waals surface area (Å²) in [5.41, 5.74) is 0.532. The van der Waals surface area contributed by atoms with Crippen molar-refractivity contribution in [2.24, 2.45) is 0 Å². The zero-order valence-electron chi connectivity index (χ0n) is 13.8. The van der Waals surface area contributed by atoms with Gasteiger partial charge in [0.1, 0.15) is 0 Å². The maximum Gasteiger partial charge on any atom is 0.347 e. The van der Waals surface area contributed by atoms with E-state index in [9.17, 15) is 14.4 Å². The fourth-order valence-corrected chi connectivity index (χ4v) is 2.88. The molecule has 2 aromatic carbocycles. The number of carbonyl (C=O) groups is 3. The van der Waals surface area contributed by atoms with Crippen LogP contribution in [0.5, 0.6) is 0 Å². The van der Waals surface area contributed by atoms with Gasteiger partial charge in [0.25, 0.3) is 0 Å². The molecule has 0 saturated heterocycles. The number of benzene rings is 2. The minimum atomic E-state index is -0.950. The van der Waals surface area contributed by atoms with E-state index in [1.54, 1.807) is 24.3 Å². The Bertz CT molecular complexity index is 940. The summed E-state index contributed by atoms with van der Waals surface area (Å²) in [7, 11) is 0. The zero-order chi connectivity index (χ0) is 19.4. The van der Waals surface area contributed by atoms with Crippen LogP contribution in [0.4, 0.5) is 5.69 Å². The Morgan fingerprint density at radius 1 is 1.11 bits per heavy atom. The largest absolute Gasteiger partial charge is 0.470 e. The van der Waals surface area contributed by atoms with E-state index in [0.29, 0.717) is 10.7 Å². The van der Waals surface area contributed by atoms with E-state index in [-0.39, 0.29) is 28.6 Å². The first-order chi connectivity index (χ1) is 13.0. The summed E-state index contributed by atoms with van der Waals surface area (Å²) >= 11 is 11.8. The normalized spacial score (nSPS) is 13.3. The van der Waals surface area contributed by atoms with Crippen molar-refractivity contribution in [3.8, 4) is 0 Å². The van der Waals surface area contributed by atoms with Gasteiger partial charge in [0.2, 0.25) is 17.4 Å². The van der Waals surface area contributed by atoms with Crippen LogP contribution in [0.3, 0.4) is 0 Å². The molecule has 6 nitrogen and oxygen atoms in total. The summed E-state index contributed by atoms with van der Waals surface area (Å²) in [4.78, 5) is 36.5. The van der Waals surface area contributed by atoms with Gasteiger partial charge in [0, 0.05) is 16.3 Å². The molecular weight excluding hydrogens is 393 g/mol. The monoisotopic (exact) mass is 405 g/mol. The fraction of sp³-hybridized carbons (Fsp3) is 0.105. The maximum atomic E-state index is 12.3. The molecule has 3 rings (SSSR count). The molecule has 1 heterocycles. The number of para-hydroxylation sites is 1. The molecule has 0 atom stereocenters. The Morgan fingerprint density at radius 3 is 2.56 bits per heavy atom. The lowest BCUT2D eigenvalue weighted by molar-refractivity contribution is -0.139. The van der Waals surface area contributed by atoms with E-state index in [0.717, 1.165) is 0 Å². The van der Waals surface area contributed by atoms with Crippen molar-refractivity contribution in [1.82, 2.24) is 0 Å². The van der Waals surface area contributed by atoms with Gasteiger partial charge in [-0.1, -0.05) is 41.4 Å². The van der Waals surface area contributed by atoms with Gasteiger partial charge < -0.3 is 14.8 Å². The summed E-state index contributed by atoms with van der Waals surface area (Å²) in [5.74, 6) is -2.01. The summed E-state index contributed by atoms with van der Waals surface area (Å²) in [6.07, 6.45) is 0. The van der Waals surface area contributed by atoms with E-state index in [1.807, 2.05) is 6.07 Å². The van der Waals surface area contributed by atoms with Gasteiger partial charge in [-0.2, -0.15) is 0 Å². The topological polar surface area (TPSA) is 81.7 Å². The van der Waals surface area contributed by atoms with Gasteiger partial charge in [0.05, 0.1) is 5.02 Å². The molecule has 27 heavy (non-hydrogen) atoms. The highest BCUT2D eigenvalue weighted by Gasteiger charge is 2.33. The van der Waals surface area contributed by atoms with Crippen molar-refractivity contribution < 1.29 is 23.9 Å². The van der Waals surface area contributed by atoms with Gasteiger partial charge in [-0.05, 0) is 30.3 Å². The van der Waals surface area contributed by atoms with Crippen LogP contribution in [0.15, 0.2) is 60.0 Å². The second kappa shape index (κ2) is 8.24. The molecule has 1 aliphatic rings. The Hall–Kier alpha value is -2.83. The second-order valence-corrected chi connectivity index (χ2v) is 6.37. The van der Waals surface area contributed by atoms with Crippen LogP contribution in [0.1, 0.15) is 10.4 Å². The molecule has 0 fully saturated rings. The molecule has 0 aromatic heterocycles. The predicted octanol–water partition coefficient (Wildman–Crippen LogP) is 3.64.